The highest BCUT2D eigenvalue weighted by molar-refractivity contribution is 5.76. The summed E-state index contributed by atoms with van der Waals surface area (Å²) in [6.07, 6.45) is -3.74. The molecule has 2 heterocycles. The molecule has 0 spiro atoms. The molecule has 0 unspecified atom stereocenters. The Hall–Kier alpha value is -4.34. The summed E-state index contributed by atoms with van der Waals surface area (Å²) < 4.78 is 64.3. The first-order valence-electron chi connectivity index (χ1n) is 12.9. The van der Waals surface area contributed by atoms with E-state index < -0.39 is 17.8 Å². The number of hydrogen-bond donors (Lipinski definition) is 0. The predicted molar refractivity (Wildman–Crippen MR) is 138 cm³/mol. The maximum atomic E-state index is 14.1. The van der Waals surface area contributed by atoms with Gasteiger partial charge in [0.25, 0.3) is 0 Å². The predicted octanol–water partition coefficient (Wildman–Crippen LogP) is 6.84. The number of alkyl halides is 3. The lowest BCUT2D eigenvalue weighted by molar-refractivity contribution is -0.141. The normalized spacial score (nSPS) is 17.7. The molecule has 1 aromatic heterocycles. The van der Waals surface area contributed by atoms with Crippen molar-refractivity contribution in [3.8, 4) is 34.0 Å². The summed E-state index contributed by atoms with van der Waals surface area (Å²) in [4.78, 5) is 15.9. The number of nitrogens with zero attached hydrogens (tertiary/aromatic N) is 2. The van der Waals surface area contributed by atoms with E-state index in [2.05, 4.69) is 10.1 Å². The Bertz CT molecular complexity index is 1580. The first-order chi connectivity index (χ1) is 19.2. The number of esters is 1. The Morgan fingerprint density at radius 1 is 1.05 bits per heavy atom. The van der Waals surface area contributed by atoms with Crippen molar-refractivity contribution in [2.24, 2.45) is 0 Å². The Labute approximate surface area is 227 Å². The van der Waals surface area contributed by atoms with Crippen molar-refractivity contribution < 1.29 is 36.7 Å². The van der Waals surface area contributed by atoms with Crippen LogP contribution in [0.1, 0.15) is 53.0 Å². The first-order valence-corrected chi connectivity index (χ1v) is 12.9. The maximum Gasteiger partial charge on any atom is 0.417 e. The van der Waals surface area contributed by atoms with Gasteiger partial charge in [0.05, 0.1) is 25.7 Å². The highest BCUT2D eigenvalue weighted by atomic mass is 19.4. The summed E-state index contributed by atoms with van der Waals surface area (Å²) >= 11 is 0. The molecule has 0 saturated heterocycles. The van der Waals surface area contributed by atoms with E-state index in [9.17, 15) is 18.0 Å². The van der Waals surface area contributed by atoms with Crippen molar-refractivity contribution >= 4 is 5.97 Å². The van der Waals surface area contributed by atoms with E-state index >= 15 is 0 Å². The van der Waals surface area contributed by atoms with E-state index in [0.29, 0.717) is 59.4 Å². The number of rotatable bonds is 6. The Balaban J connectivity index is 1.30. The van der Waals surface area contributed by atoms with Gasteiger partial charge in [0.15, 0.2) is 0 Å². The van der Waals surface area contributed by atoms with Gasteiger partial charge in [-0.2, -0.15) is 18.2 Å². The van der Waals surface area contributed by atoms with Crippen LogP contribution in [0.4, 0.5) is 13.2 Å². The summed E-state index contributed by atoms with van der Waals surface area (Å²) in [5, 5.41) is 3.88. The van der Waals surface area contributed by atoms with Crippen molar-refractivity contribution in [1.29, 1.82) is 0 Å². The standard InChI is InChI=1S/C30H25F3N2O5/c1-16-34-29(35-40-16)18-5-3-17(4-6-18)28-23-10-12-25(22(23)9-11-24(28)30(31,32)33)39-20-7-8-21-19(13-27(36)37-2)15-38-26(21)14-20/h3-9,11,14,19,25H,10,12-13,15H2,1-2H3/t19-,25-/m1/s1. The Kier molecular flexibility index (Phi) is 6.48. The third-order valence-electron chi connectivity index (χ3n) is 7.40. The molecule has 1 aliphatic carbocycles. The van der Waals surface area contributed by atoms with Crippen LogP contribution in [0.2, 0.25) is 0 Å². The number of carbonyl (C=O) groups excluding carboxylic acids is 1. The lowest BCUT2D eigenvalue weighted by Crippen LogP contribution is -2.10. The zero-order valence-electron chi connectivity index (χ0n) is 21.7. The molecule has 40 heavy (non-hydrogen) atoms. The summed E-state index contributed by atoms with van der Waals surface area (Å²) in [5.41, 5.74) is 2.84. The largest absolute Gasteiger partial charge is 0.492 e. The van der Waals surface area contributed by atoms with Gasteiger partial charge in [0.1, 0.15) is 17.6 Å². The number of aromatic nitrogens is 2. The van der Waals surface area contributed by atoms with E-state index in [0.717, 1.165) is 17.2 Å². The number of ether oxygens (including phenoxy) is 3. The number of methoxy groups -OCH3 is 1. The molecule has 1 aliphatic heterocycles. The van der Waals surface area contributed by atoms with Crippen LogP contribution in [0.3, 0.4) is 0 Å². The maximum absolute atomic E-state index is 14.1. The third kappa shape index (κ3) is 4.78. The molecule has 0 saturated carbocycles. The fourth-order valence-corrected chi connectivity index (χ4v) is 5.50. The van der Waals surface area contributed by atoms with Gasteiger partial charge in [-0.05, 0) is 47.2 Å². The lowest BCUT2D eigenvalue weighted by atomic mass is 9.91. The van der Waals surface area contributed by atoms with Gasteiger partial charge in [-0.25, -0.2) is 0 Å². The molecule has 0 amide bonds. The van der Waals surface area contributed by atoms with Gasteiger partial charge in [-0.1, -0.05) is 41.6 Å². The number of halogens is 3. The summed E-state index contributed by atoms with van der Waals surface area (Å²) in [5.74, 6) is 1.56. The van der Waals surface area contributed by atoms with Crippen LogP contribution >= 0.6 is 0 Å². The van der Waals surface area contributed by atoms with Crippen LogP contribution in [0.25, 0.3) is 22.5 Å². The molecule has 0 N–H and O–H groups in total. The third-order valence-corrected chi connectivity index (χ3v) is 7.40. The Morgan fingerprint density at radius 3 is 2.50 bits per heavy atom. The van der Waals surface area contributed by atoms with Gasteiger partial charge in [-0.15, -0.1) is 0 Å². The minimum atomic E-state index is -4.52. The van der Waals surface area contributed by atoms with Crippen molar-refractivity contribution in [3.05, 3.63) is 82.7 Å². The van der Waals surface area contributed by atoms with Crippen LogP contribution in [-0.2, 0) is 22.1 Å². The quantitative estimate of drug-likeness (QED) is 0.243. The Morgan fingerprint density at radius 2 is 1.80 bits per heavy atom. The molecule has 4 aromatic rings. The lowest BCUT2D eigenvalue weighted by Gasteiger charge is -2.20. The molecule has 2 aliphatic rings. The molecule has 2 atom stereocenters. The van der Waals surface area contributed by atoms with Gasteiger partial charge in [0.2, 0.25) is 11.7 Å². The van der Waals surface area contributed by atoms with Gasteiger partial charge in [0, 0.05) is 30.0 Å². The molecule has 0 radical (unpaired) electrons. The van der Waals surface area contributed by atoms with Gasteiger partial charge >= 0.3 is 12.1 Å². The van der Waals surface area contributed by atoms with E-state index in [4.69, 9.17) is 18.7 Å². The topological polar surface area (TPSA) is 83.7 Å². The highest BCUT2D eigenvalue weighted by Crippen LogP contribution is 2.47. The molecule has 0 bridgehead atoms. The van der Waals surface area contributed by atoms with Crippen LogP contribution < -0.4 is 9.47 Å². The molecule has 206 valence electrons. The molecular weight excluding hydrogens is 525 g/mol. The molecule has 0 fully saturated rings. The molecule has 10 heteroatoms. The van der Waals surface area contributed by atoms with E-state index in [1.807, 2.05) is 6.07 Å². The summed E-state index contributed by atoms with van der Waals surface area (Å²) in [6.45, 7) is 2.04. The number of carbonyl (C=O) groups is 1. The molecule has 7 nitrogen and oxygen atoms in total. The molecule has 3 aromatic carbocycles. The number of benzene rings is 3. The van der Waals surface area contributed by atoms with Crippen molar-refractivity contribution in [3.63, 3.8) is 0 Å². The summed E-state index contributed by atoms with van der Waals surface area (Å²) in [6, 6.07) is 14.8. The average Bonchev–Trinajstić information content (AvgIpc) is 3.66. The zero-order chi connectivity index (χ0) is 28.0. The number of aryl methyl sites for hydroxylation is 1. The van der Waals surface area contributed by atoms with E-state index in [1.165, 1.54) is 13.2 Å². The van der Waals surface area contributed by atoms with Gasteiger partial charge < -0.3 is 18.7 Å². The SMILES string of the molecule is COC(=O)C[C@@H]1COc2cc(O[C@@H]3CCc4c3ccc(C(F)(F)F)c4-c3ccc(-c4noc(C)n4)cc3)ccc21. The van der Waals surface area contributed by atoms with E-state index in [1.54, 1.807) is 43.3 Å². The number of fused-ring (bicyclic) bond motifs is 2. The second-order valence-electron chi connectivity index (χ2n) is 9.90. The van der Waals surface area contributed by atoms with E-state index in [-0.39, 0.29) is 23.9 Å². The fraction of sp³-hybridized carbons (Fsp3) is 0.300. The van der Waals surface area contributed by atoms with Crippen LogP contribution in [0.5, 0.6) is 11.5 Å². The zero-order valence-corrected chi connectivity index (χ0v) is 21.7. The van der Waals surface area contributed by atoms with Crippen molar-refractivity contribution in [1.82, 2.24) is 10.1 Å². The van der Waals surface area contributed by atoms with Gasteiger partial charge in [-0.3, -0.25) is 4.79 Å². The minimum Gasteiger partial charge on any atom is -0.492 e. The average molecular weight is 551 g/mol. The van der Waals surface area contributed by atoms with Crippen LogP contribution in [0, 0.1) is 6.92 Å². The molecule has 6 rings (SSSR count). The molecular formula is C30H25F3N2O5. The second kappa shape index (κ2) is 10.0. The fourth-order valence-electron chi connectivity index (χ4n) is 5.50. The minimum absolute atomic E-state index is 0.0949. The summed E-state index contributed by atoms with van der Waals surface area (Å²) in [7, 11) is 1.35. The smallest absolute Gasteiger partial charge is 0.417 e. The monoisotopic (exact) mass is 550 g/mol. The van der Waals surface area contributed by atoms with Crippen LogP contribution in [-0.4, -0.2) is 29.8 Å². The highest BCUT2D eigenvalue weighted by Gasteiger charge is 2.38. The van der Waals surface area contributed by atoms with Crippen molar-refractivity contribution in [2.75, 3.05) is 13.7 Å². The second-order valence-corrected chi connectivity index (χ2v) is 9.90. The van der Waals surface area contributed by atoms with Crippen LogP contribution in [0.15, 0.2) is 59.1 Å². The first kappa shape index (κ1) is 25.9. The number of hydrogen-bond acceptors (Lipinski definition) is 7. The van der Waals surface area contributed by atoms with Crippen molar-refractivity contribution in [2.45, 2.75) is 44.4 Å².